The molecule has 1 heterocycles. The topological polar surface area (TPSA) is 46.6 Å². The summed E-state index contributed by atoms with van der Waals surface area (Å²) in [6.07, 6.45) is 1.37. The Morgan fingerprint density at radius 3 is 2.57 bits per heavy atom. The molecule has 0 amide bonds. The Labute approximate surface area is 137 Å². The highest BCUT2D eigenvalue weighted by Gasteiger charge is 2.33. The standard InChI is InChI=1S/C18H21NO3S/c1-15-14-22-18-12-6-5-11-17(18)19(15)23(20,21)13-7-10-16-8-3-2-4-9-16/h2-6,8-9,11-12,15H,7,10,13-14H2,1H3. The molecule has 1 atom stereocenters. The zero-order chi connectivity index (χ0) is 16.3. The Kier molecular flexibility index (Phi) is 4.57. The summed E-state index contributed by atoms with van der Waals surface area (Å²) in [6, 6.07) is 17.1. The van der Waals surface area contributed by atoms with Crippen LogP contribution in [-0.2, 0) is 16.4 Å². The molecular formula is C18H21NO3S. The molecule has 0 saturated heterocycles. The molecule has 0 spiro atoms. The van der Waals surface area contributed by atoms with Crippen molar-refractivity contribution in [2.75, 3.05) is 16.7 Å². The molecule has 0 saturated carbocycles. The van der Waals surface area contributed by atoms with E-state index in [2.05, 4.69) is 0 Å². The molecule has 3 rings (SSSR count). The summed E-state index contributed by atoms with van der Waals surface area (Å²) in [5.74, 6) is 0.776. The Bertz CT molecular complexity index is 759. The van der Waals surface area contributed by atoms with E-state index in [9.17, 15) is 8.42 Å². The third-order valence-electron chi connectivity index (χ3n) is 3.99. The Balaban J connectivity index is 1.74. The molecule has 2 aromatic rings. The van der Waals surface area contributed by atoms with Crippen LogP contribution >= 0.6 is 0 Å². The first-order valence-corrected chi connectivity index (χ1v) is 9.47. The van der Waals surface area contributed by atoms with Gasteiger partial charge in [-0.15, -0.1) is 0 Å². The van der Waals surface area contributed by atoms with Gasteiger partial charge in [-0.3, -0.25) is 4.31 Å². The molecule has 1 aliphatic heterocycles. The van der Waals surface area contributed by atoms with E-state index in [1.54, 1.807) is 6.07 Å². The number of hydrogen-bond donors (Lipinski definition) is 0. The number of benzene rings is 2. The van der Waals surface area contributed by atoms with Gasteiger partial charge >= 0.3 is 0 Å². The lowest BCUT2D eigenvalue weighted by molar-refractivity contribution is 0.281. The lowest BCUT2D eigenvalue weighted by Gasteiger charge is -2.35. The molecule has 4 nitrogen and oxygen atoms in total. The second-order valence-corrected chi connectivity index (χ2v) is 7.79. The summed E-state index contributed by atoms with van der Waals surface area (Å²) in [7, 11) is -3.36. The third-order valence-corrected chi connectivity index (χ3v) is 5.95. The van der Waals surface area contributed by atoms with Crippen LogP contribution in [0.2, 0.25) is 0 Å². The van der Waals surface area contributed by atoms with Crippen LogP contribution in [0.15, 0.2) is 54.6 Å². The molecule has 5 heteroatoms. The van der Waals surface area contributed by atoms with Crippen molar-refractivity contribution in [1.82, 2.24) is 0 Å². The van der Waals surface area contributed by atoms with E-state index in [1.807, 2.05) is 55.5 Å². The third kappa shape index (κ3) is 3.50. The highest BCUT2D eigenvalue weighted by atomic mass is 32.2. The average molecular weight is 331 g/mol. The summed E-state index contributed by atoms with van der Waals surface area (Å²) in [4.78, 5) is 0. The fourth-order valence-corrected chi connectivity index (χ4v) is 4.67. The Morgan fingerprint density at radius 1 is 1.09 bits per heavy atom. The van der Waals surface area contributed by atoms with Gasteiger partial charge in [0, 0.05) is 0 Å². The smallest absolute Gasteiger partial charge is 0.235 e. The van der Waals surface area contributed by atoms with Gasteiger partial charge in [-0.1, -0.05) is 42.5 Å². The number of sulfonamides is 1. The maximum Gasteiger partial charge on any atom is 0.235 e. The molecule has 1 aliphatic rings. The summed E-state index contributed by atoms with van der Waals surface area (Å²) in [5.41, 5.74) is 1.81. The van der Waals surface area contributed by atoms with Crippen molar-refractivity contribution in [2.45, 2.75) is 25.8 Å². The van der Waals surface area contributed by atoms with Crippen LogP contribution < -0.4 is 9.04 Å². The Hall–Kier alpha value is -2.01. The van der Waals surface area contributed by atoms with Crippen LogP contribution in [0.4, 0.5) is 5.69 Å². The molecule has 1 unspecified atom stereocenters. The molecule has 23 heavy (non-hydrogen) atoms. The van der Waals surface area contributed by atoms with E-state index in [-0.39, 0.29) is 11.8 Å². The second-order valence-electron chi connectivity index (χ2n) is 5.83. The number of anilines is 1. The molecule has 0 aromatic heterocycles. The maximum atomic E-state index is 12.8. The van der Waals surface area contributed by atoms with E-state index in [0.29, 0.717) is 24.5 Å². The first-order chi connectivity index (χ1) is 11.1. The number of hydrogen-bond acceptors (Lipinski definition) is 3. The van der Waals surface area contributed by atoms with Crippen LogP contribution in [0.5, 0.6) is 5.75 Å². The fraction of sp³-hybridized carbons (Fsp3) is 0.333. The van der Waals surface area contributed by atoms with Crippen molar-refractivity contribution in [3.8, 4) is 5.75 Å². The lowest BCUT2D eigenvalue weighted by atomic mass is 10.1. The minimum Gasteiger partial charge on any atom is -0.489 e. The van der Waals surface area contributed by atoms with Crippen molar-refractivity contribution in [2.24, 2.45) is 0 Å². The molecule has 0 radical (unpaired) electrons. The first kappa shape index (κ1) is 15.9. The van der Waals surface area contributed by atoms with Crippen LogP contribution in [0, 0.1) is 0 Å². The van der Waals surface area contributed by atoms with Gasteiger partial charge in [0.05, 0.1) is 17.5 Å². The van der Waals surface area contributed by atoms with Crippen molar-refractivity contribution < 1.29 is 13.2 Å². The van der Waals surface area contributed by atoms with Crippen LogP contribution in [0.1, 0.15) is 18.9 Å². The van der Waals surface area contributed by atoms with E-state index < -0.39 is 10.0 Å². The molecule has 2 aromatic carbocycles. The number of aryl methyl sites for hydroxylation is 1. The van der Waals surface area contributed by atoms with Crippen molar-refractivity contribution in [1.29, 1.82) is 0 Å². The zero-order valence-corrected chi connectivity index (χ0v) is 14.0. The summed E-state index contributed by atoms with van der Waals surface area (Å²) in [6.45, 7) is 2.26. The van der Waals surface area contributed by atoms with Gasteiger partial charge in [0.15, 0.2) is 0 Å². The van der Waals surface area contributed by atoms with Gasteiger partial charge in [0.2, 0.25) is 10.0 Å². The quantitative estimate of drug-likeness (QED) is 0.845. The van der Waals surface area contributed by atoms with Gasteiger partial charge in [0.1, 0.15) is 12.4 Å². The van der Waals surface area contributed by atoms with E-state index in [1.165, 1.54) is 4.31 Å². The fourth-order valence-electron chi connectivity index (χ4n) is 2.90. The number of rotatable bonds is 5. The van der Waals surface area contributed by atoms with E-state index in [0.717, 1.165) is 12.0 Å². The van der Waals surface area contributed by atoms with Gasteiger partial charge in [-0.25, -0.2) is 8.42 Å². The predicted molar refractivity (Wildman–Crippen MR) is 92.4 cm³/mol. The molecule has 0 N–H and O–H groups in total. The highest BCUT2D eigenvalue weighted by molar-refractivity contribution is 7.92. The van der Waals surface area contributed by atoms with Crippen molar-refractivity contribution in [3.63, 3.8) is 0 Å². The molecule has 0 fully saturated rings. The lowest BCUT2D eigenvalue weighted by Crippen LogP contribution is -2.46. The molecule has 122 valence electrons. The van der Waals surface area contributed by atoms with Crippen molar-refractivity contribution in [3.05, 3.63) is 60.2 Å². The molecule has 0 aliphatic carbocycles. The Morgan fingerprint density at radius 2 is 1.78 bits per heavy atom. The highest BCUT2D eigenvalue weighted by Crippen LogP contribution is 2.35. The summed E-state index contributed by atoms with van der Waals surface area (Å²) >= 11 is 0. The summed E-state index contributed by atoms with van der Waals surface area (Å²) < 4.78 is 32.8. The van der Waals surface area contributed by atoms with E-state index in [4.69, 9.17) is 4.74 Å². The molecular weight excluding hydrogens is 310 g/mol. The normalized spacial score (nSPS) is 17.4. The van der Waals surface area contributed by atoms with E-state index >= 15 is 0 Å². The zero-order valence-electron chi connectivity index (χ0n) is 13.2. The van der Waals surface area contributed by atoms with Crippen LogP contribution in [0.3, 0.4) is 0 Å². The van der Waals surface area contributed by atoms with Crippen LogP contribution in [-0.4, -0.2) is 26.8 Å². The van der Waals surface area contributed by atoms with Gasteiger partial charge in [-0.2, -0.15) is 0 Å². The predicted octanol–water partition coefficient (Wildman–Crippen LogP) is 3.24. The number of nitrogens with zero attached hydrogens (tertiary/aromatic N) is 1. The minimum absolute atomic E-state index is 0.139. The van der Waals surface area contributed by atoms with Gasteiger partial charge in [-0.05, 0) is 37.5 Å². The minimum atomic E-state index is -3.36. The monoisotopic (exact) mass is 331 g/mol. The van der Waals surface area contributed by atoms with Gasteiger partial charge in [0.25, 0.3) is 0 Å². The van der Waals surface area contributed by atoms with Crippen molar-refractivity contribution >= 4 is 15.7 Å². The van der Waals surface area contributed by atoms with Gasteiger partial charge < -0.3 is 4.74 Å². The number of para-hydroxylation sites is 2. The largest absolute Gasteiger partial charge is 0.489 e. The SMILES string of the molecule is CC1COc2ccccc2N1S(=O)(=O)CCCc1ccccc1. The molecule has 0 bridgehead atoms. The summed E-state index contributed by atoms with van der Waals surface area (Å²) in [5, 5.41) is 0. The first-order valence-electron chi connectivity index (χ1n) is 7.86. The number of ether oxygens (including phenoxy) is 1. The maximum absolute atomic E-state index is 12.8. The average Bonchev–Trinajstić information content (AvgIpc) is 2.55. The second kappa shape index (κ2) is 6.62. The van der Waals surface area contributed by atoms with Crippen LogP contribution in [0.25, 0.3) is 0 Å². The number of fused-ring (bicyclic) bond motifs is 1.